The lowest BCUT2D eigenvalue weighted by Crippen LogP contribution is -2.15. The third kappa shape index (κ3) is 2.63. The topological polar surface area (TPSA) is 17.8 Å². The lowest BCUT2D eigenvalue weighted by molar-refractivity contribution is 0.590. The zero-order valence-electron chi connectivity index (χ0n) is 13.1. The number of allylic oxidation sites excluding steroid dienone is 5. The van der Waals surface area contributed by atoms with Crippen LogP contribution in [0.15, 0.2) is 59.1 Å². The van der Waals surface area contributed by atoms with Crippen LogP contribution in [-0.2, 0) is 6.42 Å². The number of para-hydroxylation sites is 1. The second kappa shape index (κ2) is 5.97. The molecular weight excluding hydrogens is 348 g/mol. The molecule has 1 aromatic heterocycles. The van der Waals surface area contributed by atoms with Crippen molar-refractivity contribution in [3.63, 3.8) is 0 Å². The molecule has 2 nitrogen and oxygen atoms in total. The van der Waals surface area contributed by atoms with E-state index in [1.807, 2.05) is 0 Å². The molecule has 2 aliphatic rings. The second-order valence-electron chi connectivity index (χ2n) is 6.21. The molecule has 0 saturated heterocycles. The molecule has 116 valence electrons. The number of fused-ring (bicyclic) bond motifs is 1. The zero-order valence-corrected chi connectivity index (χ0v) is 14.7. The van der Waals surface area contributed by atoms with E-state index < -0.39 is 0 Å². The van der Waals surface area contributed by atoms with E-state index in [1.54, 1.807) is 0 Å². The highest BCUT2D eigenvalue weighted by atomic mass is 79.9. The van der Waals surface area contributed by atoms with E-state index in [9.17, 15) is 0 Å². The van der Waals surface area contributed by atoms with E-state index in [-0.39, 0.29) is 0 Å². The third-order valence-electron chi connectivity index (χ3n) is 4.62. The van der Waals surface area contributed by atoms with Gasteiger partial charge >= 0.3 is 0 Å². The fraction of sp³-hybridized carbons (Fsp3) is 0.250. The van der Waals surface area contributed by atoms with Gasteiger partial charge in [-0.1, -0.05) is 65.4 Å². The number of hydrogen-bond acceptors (Lipinski definition) is 1. The molecule has 0 aliphatic heterocycles. The van der Waals surface area contributed by atoms with Crippen molar-refractivity contribution in [2.24, 2.45) is 5.92 Å². The van der Waals surface area contributed by atoms with Crippen LogP contribution in [-0.4, -0.2) is 9.55 Å². The van der Waals surface area contributed by atoms with Crippen LogP contribution in [0.25, 0.3) is 11.8 Å². The number of halogens is 1. The Labute approximate surface area is 145 Å². The first-order valence-corrected chi connectivity index (χ1v) is 8.92. The Morgan fingerprint density at radius 3 is 2.78 bits per heavy atom. The van der Waals surface area contributed by atoms with Crippen molar-refractivity contribution < 1.29 is 0 Å². The average Bonchev–Trinajstić information content (AvgIpc) is 2.94. The van der Waals surface area contributed by atoms with Crippen LogP contribution in [0.2, 0.25) is 0 Å². The van der Waals surface area contributed by atoms with E-state index in [0.717, 1.165) is 28.8 Å². The Hall–Kier alpha value is -1.87. The lowest BCUT2D eigenvalue weighted by Gasteiger charge is -2.23. The summed E-state index contributed by atoms with van der Waals surface area (Å²) in [5.41, 5.74) is 3.67. The number of imidazole rings is 1. The summed E-state index contributed by atoms with van der Waals surface area (Å²) < 4.78 is 3.53. The van der Waals surface area contributed by atoms with Crippen molar-refractivity contribution in [3.05, 3.63) is 76.3 Å². The fourth-order valence-corrected chi connectivity index (χ4v) is 4.04. The highest BCUT2D eigenvalue weighted by molar-refractivity contribution is 9.11. The van der Waals surface area contributed by atoms with Gasteiger partial charge in [-0.25, -0.2) is 4.98 Å². The number of rotatable bonds is 2. The molecule has 1 heterocycles. The first kappa shape index (κ1) is 14.7. The molecule has 0 spiro atoms. The van der Waals surface area contributed by atoms with E-state index in [4.69, 9.17) is 4.98 Å². The van der Waals surface area contributed by atoms with E-state index in [2.05, 4.69) is 88.1 Å². The molecule has 0 bridgehead atoms. The molecule has 0 saturated carbocycles. The first-order valence-electron chi connectivity index (χ1n) is 8.13. The van der Waals surface area contributed by atoms with Crippen LogP contribution >= 0.6 is 15.9 Å². The van der Waals surface area contributed by atoms with Crippen LogP contribution in [0.3, 0.4) is 0 Å². The Bertz CT molecular complexity index is 812. The molecule has 2 atom stereocenters. The standard InChI is InChI=1S/C20H19BrN2/c1-14-13-15(21)11-12-17(14)20-22-18-9-5-6-10-19(18)23(20)16-7-3-2-4-8-16/h2-5,7-9,11-14,17H,6,10H2,1H3. The summed E-state index contributed by atoms with van der Waals surface area (Å²) in [6.07, 6.45) is 13.2. The molecular formula is C20H19BrN2. The molecule has 0 amide bonds. The van der Waals surface area contributed by atoms with Gasteiger partial charge in [0.2, 0.25) is 0 Å². The van der Waals surface area contributed by atoms with Crippen molar-refractivity contribution in [1.82, 2.24) is 9.55 Å². The normalized spacial score (nSPS) is 22.8. The van der Waals surface area contributed by atoms with Gasteiger partial charge in [0.15, 0.2) is 0 Å². The Morgan fingerprint density at radius 1 is 1.17 bits per heavy atom. The Morgan fingerprint density at radius 2 is 2.00 bits per heavy atom. The maximum absolute atomic E-state index is 5.01. The summed E-state index contributed by atoms with van der Waals surface area (Å²) in [5.74, 6) is 1.87. The van der Waals surface area contributed by atoms with Crippen LogP contribution < -0.4 is 0 Å². The first-order chi connectivity index (χ1) is 11.2. The van der Waals surface area contributed by atoms with Crippen LogP contribution in [0.4, 0.5) is 0 Å². The van der Waals surface area contributed by atoms with Crippen LogP contribution in [0.5, 0.6) is 0 Å². The smallest absolute Gasteiger partial charge is 0.121 e. The minimum Gasteiger partial charge on any atom is -0.300 e. The van der Waals surface area contributed by atoms with E-state index >= 15 is 0 Å². The molecule has 23 heavy (non-hydrogen) atoms. The van der Waals surface area contributed by atoms with Gasteiger partial charge in [-0.05, 0) is 37.0 Å². The highest BCUT2D eigenvalue weighted by Crippen LogP contribution is 2.36. The number of aromatic nitrogens is 2. The quantitative estimate of drug-likeness (QED) is 0.695. The summed E-state index contributed by atoms with van der Waals surface area (Å²) >= 11 is 3.59. The number of nitrogens with zero attached hydrogens (tertiary/aromatic N) is 2. The monoisotopic (exact) mass is 366 g/mol. The van der Waals surface area contributed by atoms with Crippen molar-refractivity contribution in [2.45, 2.75) is 25.7 Å². The predicted molar refractivity (Wildman–Crippen MR) is 99.0 cm³/mol. The summed E-state index contributed by atoms with van der Waals surface area (Å²) in [4.78, 5) is 5.01. The van der Waals surface area contributed by atoms with Crippen LogP contribution in [0.1, 0.15) is 36.5 Å². The SMILES string of the molecule is CC1C=C(Br)C=CC1c1nc2c(n1-c1ccccc1)CCC=C2. The third-order valence-corrected chi connectivity index (χ3v) is 5.15. The molecule has 2 aliphatic carbocycles. The van der Waals surface area contributed by atoms with Crippen molar-refractivity contribution in [1.29, 1.82) is 0 Å². The summed E-state index contributed by atoms with van der Waals surface area (Å²) in [7, 11) is 0. The average molecular weight is 367 g/mol. The summed E-state index contributed by atoms with van der Waals surface area (Å²) in [5, 5.41) is 0. The minimum absolute atomic E-state index is 0.301. The Kier molecular flexibility index (Phi) is 3.82. The molecule has 0 radical (unpaired) electrons. The van der Waals surface area contributed by atoms with Gasteiger partial charge in [0, 0.05) is 16.1 Å². The molecule has 1 aromatic carbocycles. The highest BCUT2D eigenvalue weighted by Gasteiger charge is 2.27. The summed E-state index contributed by atoms with van der Waals surface area (Å²) in [6, 6.07) is 10.6. The lowest BCUT2D eigenvalue weighted by atomic mass is 9.89. The van der Waals surface area contributed by atoms with Crippen molar-refractivity contribution in [3.8, 4) is 5.69 Å². The number of hydrogen-bond donors (Lipinski definition) is 0. The molecule has 2 unspecified atom stereocenters. The molecule has 4 rings (SSSR count). The van der Waals surface area contributed by atoms with Gasteiger partial charge in [0.05, 0.1) is 11.4 Å². The largest absolute Gasteiger partial charge is 0.300 e. The van der Waals surface area contributed by atoms with Gasteiger partial charge in [-0.3, -0.25) is 4.57 Å². The maximum atomic E-state index is 5.01. The Balaban J connectivity index is 1.89. The molecule has 3 heteroatoms. The molecule has 0 fully saturated rings. The van der Waals surface area contributed by atoms with Gasteiger partial charge < -0.3 is 0 Å². The van der Waals surface area contributed by atoms with Crippen molar-refractivity contribution >= 4 is 22.0 Å². The van der Waals surface area contributed by atoms with Crippen molar-refractivity contribution in [2.75, 3.05) is 0 Å². The number of benzene rings is 1. The zero-order chi connectivity index (χ0) is 15.8. The van der Waals surface area contributed by atoms with E-state index in [1.165, 1.54) is 11.4 Å². The van der Waals surface area contributed by atoms with Gasteiger partial charge in [0.25, 0.3) is 0 Å². The summed E-state index contributed by atoms with van der Waals surface area (Å²) in [6.45, 7) is 2.26. The molecule has 0 N–H and O–H groups in total. The maximum Gasteiger partial charge on any atom is 0.121 e. The fourth-order valence-electron chi connectivity index (χ4n) is 3.47. The predicted octanol–water partition coefficient (Wildman–Crippen LogP) is 5.40. The van der Waals surface area contributed by atoms with Crippen LogP contribution in [0, 0.1) is 5.92 Å². The molecule has 2 aromatic rings. The van der Waals surface area contributed by atoms with Gasteiger partial charge in [0.1, 0.15) is 5.82 Å². The van der Waals surface area contributed by atoms with Gasteiger partial charge in [-0.15, -0.1) is 0 Å². The van der Waals surface area contributed by atoms with E-state index in [0.29, 0.717) is 11.8 Å². The minimum atomic E-state index is 0.301. The van der Waals surface area contributed by atoms with Gasteiger partial charge in [-0.2, -0.15) is 0 Å². The second-order valence-corrected chi connectivity index (χ2v) is 7.13.